The first kappa shape index (κ1) is 12.6. The third-order valence-corrected chi connectivity index (χ3v) is 2.97. The van der Waals surface area contributed by atoms with Crippen molar-refractivity contribution in [2.75, 3.05) is 0 Å². The minimum atomic E-state index is -0.520. The molecular formula is C10H11ClN4O3. The molecule has 0 aliphatic rings. The molecule has 0 bridgehead atoms. The van der Waals surface area contributed by atoms with Gasteiger partial charge in [-0.3, -0.25) is 18.7 Å². The van der Waals surface area contributed by atoms with Crippen LogP contribution < -0.4 is 11.2 Å². The Kier molecular flexibility index (Phi) is 2.86. The van der Waals surface area contributed by atoms with Gasteiger partial charge in [-0.25, -0.2) is 4.79 Å². The van der Waals surface area contributed by atoms with Gasteiger partial charge in [0.2, 0.25) is 5.28 Å². The fraction of sp³-hybridized carbons (Fsp3) is 0.400. The monoisotopic (exact) mass is 270 g/mol. The first-order chi connectivity index (χ1) is 8.34. The van der Waals surface area contributed by atoms with Crippen molar-refractivity contribution >= 4 is 28.5 Å². The highest BCUT2D eigenvalue weighted by Crippen LogP contribution is 2.15. The Labute approximate surface area is 106 Å². The number of ketones is 1. The number of fused-ring (bicyclic) bond motifs is 1. The molecule has 2 aromatic rings. The van der Waals surface area contributed by atoms with Crippen LogP contribution >= 0.6 is 11.6 Å². The smallest absolute Gasteiger partial charge is 0.301 e. The van der Waals surface area contributed by atoms with Crippen LogP contribution in [0.1, 0.15) is 6.92 Å². The summed E-state index contributed by atoms with van der Waals surface area (Å²) in [6.45, 7) is 1.33. The van der Waals surface area contributed by atoms with Gasteiger partial charge in [-0.2, -0.15) is 4.98 Å². The maximum atomic E-state index is 12.0. The topological polar surface area (TPSA) is 78.9 Å². The molecule has 7 nitrogen and oxygen atoms in total. The Bertz CT molecular complexity index is 768. The summed E-state index contributed by atoms with van der Waals surface area (Å²) in [4.78, 5) is 38.9. The quantitative estimate of drug-likeness (QED) is 0.701. The Balaban J connectivity index is 2.99. The number of carbonyl (C=O) groups is 1. The van der Waals surface area contributed by atoms with Crippen LogP contribution in [0.25, 0.3) is 11.2 Å². The summed E-state index contributed by atoms with van der Waals surface area (Å²) in [5.41, 5.74) is -0.681. The lowest BCUT2D eigenvalue weighted by atomic mass is 10.4. The Morgan fingerprint density at radius 2 is 1.89 bits per heavy atom. The summed E-state index contributed by atoms with van der Waals surface area (Å²) in [6, 6.07) is 0. The highest BCUT2D eigenvalue weighted by Gasteiger charge is 2.18. The Morgan fingerprint density at radius 3 is 2.44 bits per heavy atom. The van der Waals surface area contributed by atoms with E-state index < -0.39 is 11.2 Å². The number of nitrogens with zero attached hydrogens (tertiary/aromatic N) is 4. The van der Waals surface area contributed by atoms with Crippen molar-refractivity contribution < 1.29 is 4.79 Å². The molecule has 0 saturated heterocycles. The predicted molar refractivity (Wildman–Crippen MR) is 65.9 cm³/mol. The van der Waals surface area contributed by atoms with E-state index in [4.69, 9.17) is 11.6 Å². The molecule has 0 fully saturated rings. The maximum Gasteiger partial charge on any atom is 0.332 e. The number of halogens is 1. The van der Waals surface area contributed by atoms with Gasteiger partial charge in [-0.05, 0) is 18.5 Å². The van der Waals surface area contributed by atoms with Crippen LogP contribution in [0.4, 0.5) is 0 Å². The van der Waals surface area contributed by atoms with Crippen molar-refractivity contribution in [3.05, 3.63) is 26.1 Å². The molecule has 0 unspecified atom stereocenters. The molecule has 0 atom stereocenters. The zero-order chi connectivity index (χ0) is 13.6. The summed E-state index contributed by atoms with van der Waals surface area (Å²) in [5.74, 6) is -0.160. The van der Waals surface area contributed by atoms with Gasteiger partial charge in [-0.1, -0.05) is 0 Å². The molecule has 2 aromatic heterocycles. The lowest BCUT2D eigenvalue weighted by molar-refractivity contribution is -0.117. The highest BCUT2D eigenvalue weighted by atomic mass is 35.5. The van der Waals surface area contributed by atoms with E-state index in [0.29, 0.717) is 0 Å². The third-order valence-electron chi connectivity index (χ3n) is 2.68. The zero-order valence-corrected chi connectivity index (χ0v) is 10.9. The van der Waals surface area contributed by atoms with Crippen molar-refractivity contribution in [1.82, 2.24) is 18.7 Å². The van der Waals surface area contributed by atoms with Gasteiger partial charge >= 0.3 is 5.69 Å². The van der Waals surface area contributed by atoms with Crippen LogP contribution in [0, 0.1) is 0 Å². The molecule has 2 rings (SSSR count). The SMILES string of the molecule is CC(=O)Cn1c(Cl)nc2c1c(=O)n(C)c(=O)n2C. The standard InChI is InChI=1S/C10H11ClN4O3/c1-5(16)4-15-6-7(12-9(15)11)13(2)10(18)14(3)8(6)17/h4H2,1-3H3. The summed E-state index contributed by atoms with van der Waals surface area (Å²) in [7, 11) is 2.86. The highest BCUT2D eigenvalue weighted by molar-refractivity contribution is 6.29. The maximum absolute atomic E-state index is 12.0. The number of imidazole rings is 1. The summed E-state index contributed by atoms with van der Waals surface area (Å²) in [6.07, 6.45) is 0. The van der Waals surface area contributed by atoms with Crippen molar-refractivity contribution in [1.29, 1.82) is 0 Å². The number of carbonyl (C=O) groups excluding carboxylic acids is 1. The van der Waals surface area contributed by atoms with Gasteiger partial charge in [0.15, 0.2) is 11.2 Å². The number of Topliss-reactive ketones (excluding diaryl/α,β-unsaturated/α-hetero) is 1. The minimum Gasteiger partial charge on any atom is -0.301 e. The van der Waals surface area contributed by atoms with Crippen molar-refractivity contribution in [3.63, 3.8) is 0 Å². The van der Waals surface area contributed by atoms with Crippen molar-refractivity contribution in [3.8, 4) is 0 Å². The van der Waals surface area contributed by atoms with Gasteiger partial charge < -0.3 is 4.57 Å². The lowest BCUT2D eigenvalue weighted by Gasteiger charge is -2.05. The van der Waals surface area contributed by atoms with Crippen molar-refractivity contribution in [2.24, 2.45) is 14.1 Å². The van der Waals surface area contributed by atoms with Crippen LogP contribution in [-0.4, -0.2) is 24.5 Å². The molecule has 0 saturated carbocycles. The zero-order valence-electron chi connectivity index (χ0n) is 10.1. The van der Waals surface area contributed by atoms with E-state index in [-0.39, 0.29) is 28.8 Å². The molecule has 8 heteroatoms. The van der Waals surface area contributed by atoms with Crippen LogP contribution in [-0.2, 0) is 25.4 Å². The second-order valence-electron chi connectivity index (χ2n) is 4.05. The predicted octanol–water partition coefficient (Wildman–Crippen LogP) is -0.324. The number of rotatable bonds is 2. The molecule has 0 aliphatic carbocycles. The van der Waals surface area contributed by atoms with Gasteiger partial charge in [0, 0.05) is 14.1 Å². The molecular weight excluding hydrogens is 260 g/mol. The van der Waals surface area contributed by atoms with E-state index in [9.17, 15) is 14.4 Å². The average Bonchev–Trinajstić information content (AvgIpc) is 2.61. The summed E-state index contributed by atoms with van der Waals surface area (Å²) >= 11 is 5.90. The van der Waals surface area contributed by atoms with Gasteiger partial charge in [0.05, 0.1) is 6.54 Å². The molecule has 0 aromatic carbocycles. The molecule has 96 valence electrons. The number of hydrogen-bond acceptors (Lipinski definition) is 4. The first-order valence-electron chi connectivity index (χ1n) is 5.15. The van der Waals surface area contributed by atoms with E-state index in [2.05, 4.69) is 4.98 Å². The fourth-order valence-corrected chi connectivity index (χ4v) is 2.01. The van der Waals surface area contributed by atoms with Gasteiger partial charge in [0.25, 0.3) is 5.56 Å². The summed E-state index contributed by atoms with van der Waals surface area (Å²) < 4.78 is 3.48. The molecule has 2 heterocycles. The second-order valence-corrected chi connectivity index (χ2v) is 4.39. The summed E-state index contributed by atoms with van der Waals surface area (Å²) in [5, 5.41) is 0.0125. The van der Waals surface area contributed by atoms with E-state index in [1.54, 1.807) is 0 Å². The van der Waals surface area contributed by atoms with E-state index >= 15 is 0 Å². The molecule has 0 amide bonds. The molecule has 0 N–H and O–H groups in total. The van der Waals surface area contributed by atoms with Gasteiger partial charge in [-0.15, -0.1) is 0 Å². The molecule has 18 heavy (non-hydrogen) atoms. The molecule has 0 aliphatic heterocycles. The molecule has 0 radical (unpaired) electrons. The van der Waals surface area contributed by atoms with Crippen LogP contribution in [0.15, 0.2) is 9.59 Å². The Morgan fingerprint density at radius 1 is 1.28 bits per heavy atom. The van der Waals surface area contributed by atoms with Crippen LogP contribution in [0.2, 0.25) is 5.28 Å². The van der Waals surface area contributed by atoms with E-state index in [0.717, 1.165) is 4.57 Å². The fourth-order valence-electron chi connectivity index (χ4n) is 1.79. The van der Waals surface area contributed by atoms with E-state index in [1.807, 2.05) is 0 Å². The van der Waals surface area contributed by atoms with Crippen molar-refractivity contribution in [2.45, 2.75) is 13.5 Å². The van der Waals surface area contributed by atoms with E-state index in [1.165, 1.54) is 30.2 Å². The van der Waals surface area contributed by atoms with Crippen LogP contribution in [0.5, 0.6) is 0 Å². The largest absolute Gasteiger partial charge is 0.332 e. The number of aromatic nitrogens is 4. The average molecular weight is 271 g/mol. The third kappa shape index (κ3) is 1.67. The minimum absolute atomic E-state index is 0.0125. The molecule has 0 spiro atoms. The van der Waals surface area contributed by atoms with Gasteiger partial charge in [0.1, 0.15) is 5.78 Å². The second kappa shape index (κ2) is 4.09. The number of aryl methyl sites for hydroxylation is 1. The number of hydrogen-bond donors (Lipinski definition) is 0. The lowest BCUT2D eigenvalue weighted by Crippen LogP contribution is -2.37. The normalized spacial score (nSPS) is 11.1. The first-order valence-corrected chi connectivity index (χ1v) is 5.53. The Hall–Kier alpha value is -1.89. The van der Waals surface area contributed by atoms with Crippen LogP contribution in [0.3, 0.4) is 0 Å².